The molecule has 2 fully saturated rings. The Kier molecular flexibility index (Phi) is 3.22. The summed E-state index contributed by atoms with van der Waals surface area (Å²) in [6.07, 6.45) is 2.62. The maximum atomic E-state index is 13.2. The first-order chi connectivity index (χ1) is 8.99. The molecule has 1 aromatic rings. The predicted molar refractivity (Wildman–Crippen MR) is 77.3 cm³/mol. The topological polar surface area (TPSA) is 15.3 Å². The summed E-state index contributed by atoms with van der Waals surface area (Å²) in [4.78, 5) is 2.32. The van der Waals surface area contributed by atoms with Crippen molar-refractivity contribution in [2.24, 2.45) is 5.92 Å². The Bertz CT molecular complexity index is 489. The van der Waals surface area contributed by atoms with Crippen LogP contribution in [-0.4, -0.2) is 24.7 Å². The molecule has 1 N–H and O–H groups in total. The zero-order chi connectivity index (χ0) is 13.6. The molecule has 0 radical (unpaired) electrons. The second-order valence-electron chi connectivity index (χ2n) is 6.15. The van der Waals surface area contributed by atoms with Gasteiger partial charge in [-0.15, -0.1) is 0 Å². The molecular formula is C15H20ClFN2. The summed E-state index contributed by atoms with van der Waals surface area (Å²) in [6.45, 7) is 6.35. The number of nitrogens with one attached hydrogen (secondary N) is 1. The van der Waals surface area contributed by atoms with Crippen molar-refractivity contribution < 1.29 is 4.39 Å². The van der Waals surface area contributed by atoms with Crippen molar-refractivity contribution in [3.05, 3.63) is 29.0 Å². The third-order valence-corrected chi connectivity index (χ3v) is 4.83. The van der Waals surface area contributed by atoms with Gasteiger partial charge in [-0.25, -0.2) is 4.39 Å². The van der Waals surface area contributed by atoms with Gasteiger partial charge in [0.1, 0.15) is 5.82 Å². The molecule has 4 heteroatoms. The van der Waals surface area contributed by atoms with E-state index in [1.165, 1.54) is 25.0 Å². The van der Waals surface area contributed by atoms with Crippen molar-refractivity contribution in [1.82, 2.24) is 5.32 Å². The molecule has 104 valence electrons. The van der Waals surface area contributed by atoms with Crippen LogP contribution >= 0.6 is 11.6 Å². The fourth-order valence-electron chi connectivity index (χ4n) is 3.09. The number of hydrogen-bond donors (Lipinski definition) is 1. The number of rotatable bonds is 2. The highest BCUT2D eigenvalue weighted by Crippen LogP contribution is 2.42. The quantitative estimate of drug-likeness (QED) is 0.894. The van der Waals surface area contributed by atoms with E-state index >= 15 is 0 Å². The lowest BCUT2D eigenvalue weighted by Gasteiger charge is -2.47. The molecule has 2 aliphatic rings. The van der Waals surface area contributed by atoms with Crippen LogP contribution in [0.15, 0.2) is 18.2 Å². The first-order valence-corrected chi connectivity index (χ1v) is 7.34. The Morgan fingerprint density at radius 2 is 2.16 bits per heavy atom. The van der Waals surface area contributed by atoms with Gasteiger partial charge in [-0.2, -0.15) is 0 Å². The Labute approximate surface area is 118 Å². The highest BCUT2D eigenvalue weighted by atomic mass is 35.5. The minimum atomic E-state index is -0.276. The van der Waals surface area contributed by atoms with Gasteiger partial charge in [0, 0.05) is 24.7 Å². The van der Waals surface area contributed by atoms with Gasteiger partial charge < -0.3 is 10.2 Å². The van der Waals surface area contributed by atoms with E-state index in [2.05, 4.69) is 24.1 Å². The van der Waals surface area contributed by atoms with Crippen molar-refractivity contribution in [3.8, 4) is 0 Å². The number of hydrogen-bond acceptors (Lipinski definition) is 2. The first-order valence-electron chi connectivity index (χ1n) is 6.96. The number of halogens is 2. The molecule has 2 nitrogen and oxygen atoms in total. The van der Waals surface area contributed by atoms with E-state index < -0.39 is 0 Å². The predicted octanol–water partition coefficient (Wildman–Crippen LogP) is 3.45. The standard InChI is InChI=1S/C15H20ClFN2/c1-10-8-18-15(2,11-3-4-11)9-19(10)14-6-5-12(17)7-13(14)16/h5-7,10-11,18H,3-4,8-9H2,1-2H3. The smallest absolute Gasteiger partial charge is 0.124 e. The minimum absolute atomic E-state index is 0.157. The Balaban J connectivity index is 1.88. The third kappa shape index (κ3) is 2.46. The molecule has 1 aliphatic heterocycles. The fraction of sp³-hybridized carbons (Fsp3) is 0.600. The molecule has 19 heavy (non-hydrogen) atoms. The molecule has 1 saturated heterocycles. The Morgan fingerprint density at radius 1 is 1.42 bits per heavy atom. The normalized spacial score (nSPS) is 31.6. The lowest BCUT2D eigenvalue weighted by Crippen LogP contribution is -2.63. The molecule has 3 rings (SSSR count). The van der Waals surface area contributed by atoms with Gasteiger partial charge in [0.15, 0.2) is 0 Å². The molecule has 1 aliphatic carbocycles. The summed E-state index contributed by atoms with van der Waals surface area (Å²) in [5.41, 5.74) is 1.11. The summed E-state index contributed by atoms with van der Waals surface area (Å²) in [5.74, 6) is 0.489. The van der Waals surface area contributed by atoms with Gasteiger partial charge in [0.2, 0.25) is 0 Å². The summed E-state index contributed by atoms with van der Waals surface area (Å²) >= 11 is 6.21. The summed E-state index contributed by atoms with van der Waals surface area (Å²) in [7, 11) is 0. The summed E-state index contributed by atoms with van der Waals surface area (Å²) < 4.78 is 13.2. The van der Waals surface area contributed by atoms with Gasteiger partial charge in [0.25, 0.3) is 0 Å². The van der Waals surface area contributed by atoms with Gasteiger partial charge in [-0.1, -0.05) is 11.6 Å². The van der Waals surface area contributed by atoms with Gasteiger partial charge >= 0.3 is 0 Å². The Hall–Kier alpha value is -0.800. The number of piperazine rings is 1. The zero-order valence-electron chi connectivity index (χ0n) is 11.4. The van der Waals surface area contributed by atoms with Gasteiger partial charge in [-0.3, -0.25) is 0 Å². The summed E-state index contributed by atoms with van der Waals surface area (Å²) in [6, 6.07) is 5.06. The lowest BCUT2D eigenvalue weighted by atomic mass is 9.91. The van der Waals surface area contributed by atoms with Crippen LogP contribution in [0.5, 0.6) is 0 Å². The van der Waals surface area contributed by atoms with Crippen LogP contribution in [-0.2, 0) is 0 Å². The van der Waals surface area contributed by atoms with Crippen molar-refractivity contribution in [2.45, 2.75) is 38.3 Å². The van der Waals surface area contributed by atoms with E-state index in [0.717, 1.165) is 24.7 Å². The van der Waals surface area contributed by atoms with Crippen LogP contribution in [0.4, 0.5) is 10.1 Å². The van der Waals surface area contributed by atoms with Crippen molar-refractivity contribution in [3.63, 3.8) is 0 Å². The van der Waals surface area contributed by atoms with Crippen molar-refractivity contribution in [1.29, 1.82) is 0 Å². The van der Waals surface area contributed by atoms with Crippen LogP contribution in [0.25, 0.3) is 0 Å². The number of nitrogens with zero attached hydrogens (tertiary/aromatic N) is 1. The maximum Gasteiger partial charge on any atom is 0.124 e. The van der Waals surface area contributed by atoms with Crippen molar-refractivity contribution >= 4 is 17.3 Å². The van der Waals surface area contributed by atoms with Gasteiger partial charge in [-0.05, 0) is 50.8 Å². The van der Waals surface area contributed by atoms with Crippen LogP contribution < -0.4 is 10.2 Å². The molecule has 2 unspecified atom stereocenters. The van der Waals surface area contributed by atoms with E-state index in [9.17, 15) is 4.39 Å². The maximum absolute atomic E-state index is 13.2. The average molecular weight is 283 g/mol. The Morgan fingerprint density at radius 3 is 2.79 bits per heavy atom. The highest BCUT2D eigenvalue weighted by Gasteiger charge is 2.45. The van der Waals surface area contributed by atoms with E-state index in [1.807, 2.05) is 0 Å². The van der Waals surface area contributed by atoms with E-state index in [4.69, 9.17) is 11.6 Å². The second kappa shape index (κ2) is 4.64. The SMILES string of the molecule is CC1CNC(C)(C2CC2)CN1c1ccc(F)cc1Cl. The van der Waals surface area contributed by atoms with Crippen molar-refractivity contribution in [2.75, 3.05) is 18.0 Å². The van der Waals surface area contributed by atoms with Crippen LogP contribution in [0.2, 0.25) is 5.02 Å². The minimum Gasteiger partial charge on any atom is -0.364 e. The molecule has 1 aromatic carbocycles. The van der Waals surface area contributed by atoms with E-state index in [0.29, 0.717) is 11.1 Å². The highest BCUT2D eigenvalue weighted by molar-refractivity contribution is 6.33. The molecule has 0 spiro atoms. The van der Waals surface area contributed by atoms with Gasteiger partial charge in [0.05, 0.1) is 10.7 Å². The number of benzene rings is 1. The third-order valence-electron chi connectivity index (χ3n) is 4.53. The molecule has 0 aromatic heterocycles. The van der Waals surface area contributed by atoms with E-state index in [-0.39, 0.29) is 11.4 Å². The van der Waals surface area contributed by atoms with Crippen LogP contribution in [0.1, 0.15) is 26.7 Å². The molecule has 1 saturated carbocycles. The van der Waals surface area contributed by atoms with Crippen LogP contribution in [0, 0.1) is 11.7 Å². The largest absolute Gasteiger partial charge is 0.364 e. The first kappa shape index (κ1) is 13.2. The molecular weight excluding hydrogens is 263 g/mol. The fourth-order valence-corrected chi connectivity index (χ4v) is 3.36. The zero-order valence-corrected chi connectivity index (χ0v) is 12.2. The monoisotopic (exact) mass is 282 g/mol. The second-order valence-corrected chi connectivity index (χ2v) is 6.55. The molecule has 2 atom stereocenters. The summed E-state index contributed by atoms with van der Waals surface area (Å²) in [5, 5.41) is 4.19. The lowest BCUT2D eigenvalue weighted by molar-refractivity contribution is 0.261. The van der Waals surface area contributed by atoms with Crippen LogP contribution in [0.3, 0.4) is 0 Å². The molecule has 0 amide bonds. The van der Waals surface area contributed by atoms with E-state index in [1.54, 1.807) is 6.07 Å². The average Bonchev–Trinajstić information content (AvgIpc) is 3.17. The number of anilines is 1. The molecule has 1 heterocycles. The molecule has 0 bridgehead atoms.